The zero-order valence-electron chi connectivity index (χ0n) is 19.0. The van der Waals surface area contributed by atoms with E-state index in [1.54, 1.807) is 24.3 Å². The van der Waals surface area contributed by atoms with Crippen molar-refractivity contribution in [3.8, 4) is 34.3 Å². The number of halogens is 3. The van der Waals surface area contributed by atoms with Crippen LogP contribution in [0.4, 0.5) is 13.2 Å². The number of aryl methyl sites for hydroxylation is 2. The van der Waals surface area contributed by atoms with Gasteiger partial charge in [-0.25, -0.2) is 0 Å². The number of nitrogens with zero attached hydrogens (tertiary/aromatic N) is 3. The predicted octanol–water partition coefficient (Wildman–Crippen LogP) is 4.26. The van der Waals surface area contributed by atoms with E-state index in [1.807, 2.05) is 0 Å². The molecule has 0 unspecified atom stereocenters. The molecular formula is C25H21F3N4O4. The number of ether oxygens (including phenoxy) is 1. The molecule has 4 rings (SSSR count). The lowest BCUT2D eigenvalue weighted by atomic mass is 10.00. The maximum absolute atomic E-state index is 12.8. The molecule has 4 aromatic rings. The Hall–Kier alpha value is -4.54. The van der Waals surface area contributed by atoms with Crippen molar-refractivity contribution in [3.05, 3.63) is 83.2 Å². The number of methoxy groups -OCH3 is 1. The van der Waals surface area contributed by atoms with Gasteiger partial charge in [0.1, 0.15) is 17.2 Å². The van der Waals surface area contributed by atoms with Crippen molar-refractivity contribution < 1.29 is 32.9 Å². The quantitative estimate of drug-likeness (QED) is 0.350. The molecule has 1 aromatic heterocycles. The SMILES string of the molecule is COc1ccc(-n2c(C(N)=O)nnc2-c2cc(CCc3ccc(C(F)(F)F)cc3)c(O)cc2O)cc1. The van der Waals surface area contributed by atoms with E-state index < -0.39 is 17.6 Å². The summed E-state index contributed by atoms with van der Waals surface area (Å²) in [6.45, 7) is 0. The normalized spacial score (nSPS) is 11.4. The van der Waals surface area contributed by atoms with E-state index in [9.17, 15) is 28.2 Å². The number of aromatic nitrogens is 3. The Labute approximate surface area is 203 Å². The number of phenolic OH excluding ortho intramolecular Hbond substituents is 2. The molecule has 3 aromatic carbocycles. The second kappa shape index (κ2) is 9.61. The summed E-state index contributed by atoms with van der Waals surface area (Å²) in [5.41, 5.74) is 6.43. The summed E-state index contributed by atoms with van der Waals surface area (Å²) in [7, 11) is 1.51. The van der Waals surface area contributed by atoms with Gasteiger partial charge in [0.25, 0.3) is 5.91 Å². The molecule has 0 fully saturated rings. The van der Waals surface area contributed by atoms with Crippen LogP contribution in [0, 0.1) is 0 Å². The summed E-state index contributed by atoms with van der Waals surface area (Å²) in [5, 5.41) is 28.9. The fraction of sp³-hybridized carbons (Fsp3) is 0.160. The van der Waals surface area contributed by atoms with Crippen LogP contribution in [0.5, 0.6) is 17.2 Å². The van der Waals surface area contributed by atoms with Gasteiger partial charge in [-0.05, 0) is 66.4 Å². The summed E-state index contributed by atoms with van der Waals surface area (Å²) in [6, 6.07) is 14.0. The van der Waals surface area contributed by atoms with Crippen LogP contribution in [0.25, 0.3) is 17.1 Å². The number of carbonyl (C=O) groups excluding carboxylic acids is 1. The highest BCUT2D eigenvalue weighted by Gasteiger charge is 2.30. The fourth-order valence-corrected chi connectivity index (χ4v) is 3.73. The largest absolute Gasteiger partial charge is 0.508 e. The Kier molecular flexibility index (Phi) is 6.56. The van der Waals surface area contributed by atoms with Crippen LogP contribution in [-0.4, -0.2) is 38.0 Å². The summed E-state index contributed by atoms with van der Waals surface area (Å²) >= 11 is 0. The Morgan fingerprint density at radius 1 is 0.972 bits per heavy atom. The Morgan fingerprint density at radius 3 is 2.22 bits per heavy atom. The van der Waals surface area contributed by atoms with Gasteiger partial charge >= 0.3 is 6.18 Å². The number of amides is 1. The van der Waals surface area contributed by atoms with Gasteiger partial charge in [0.2, 0.25) is 5.82 Å². The number of aromatic hydroxyl groups is 2. The number of nitrogens with two attached hydrogens (primary N) is 1. The number of phenols is 2. The molecule has 0 radical (unpaired) electrons. The molecule has 4 N–H and O–H groups in total. The molecule has 11 heteroatoms. The maximum atomic E-state index is 12.8. The first kappa shape index (κ1) is 24.6. The van der Waals surface area contributed by atoms with Gasteiger partial charge in [0.05, 0.1) is 18.2 Å². The van der Waals surface area contributed by atoms with Gasteiger partial charge < -0.3 is 20.7 Å². The van der Waals surface area contributed by atoms with Crippen molar-refractivity contribution in [3.63, 3.8) is 0 Å². The summed E-state index contributed by atoms with van der Waals surface area (Å²) < 4.78 is 44.9. The van der Waals surface area contributed by atoms with E-state index in [1.165, 1.54) is 29.9 Å². The summed E-state index contributed by atoms with van der Waals surface area (Å²) in [6.07, 6.45) is -3.84. The van der Waals surface area contributed by atoms with Crippen molar-refractivity contribution in [1.29, 1.82) is 0 Å². The number of primary amides is 1. The van der Waals surface area contributed by atoms with Crippen LogP contribution in [-0.2, 0) is 19.0 Å². The van der Waals surface area contributed by atoms with Gasteiger partial charge in [0.15, 0.2) is 5.82 Å². The first-order chi connectivity index (χ1) is 17.1. The molecule has 0 bridgehead atoms. The minimum atomic E-state index is -4.42. The second-order valence-corrected chi connectivity index (χ2v) is 7.94. The van der Waals surface area contributed by atoms with Crippen molar-refractivity contribution >= 4 is 5.91 Å². The van der Waals surface area contributed by atoms with Gasteiger partial charge in [-0.2, -0.15) is 13.2 Å². The molecule has 0 spiro atoms. The second-order valence-electron chi connectivity index (χ2n) is 7.94. The third-order valence-electron chi connectivity index (χ3n) is 5.62. The van der Waals surface area contributed by atoms with Gasteiger partial charge in [-0.15, -0.1) is 10.2 Å². The molecule has 0 aliphatic rings. The zero-order chi connectivity index (χ0) is 26.0. The highest BCUT2D eigenvalue weighted by molar-refractivity contribution is 5.91. The number of hydrogen-bond acceptors (Lipinski definition) is 6. The van der Waals surface area contributed by atoms with Crippen molar-refractivity contribution in [2.24, 2.45) is 5.73 Å². The minimum Gasteiger partial charge on any atom is -0.508 e. The smallest absolute Gasteiger partial charge is 0.416 e. The van der Waals surface area contributed by atoms with E-state index in [0.717, 1.165) is 18.2 Å². The van der Waals surface area contributed by atoms with Gasteiger partial charge in [0, 0.05) is 11.8 Å². The van der Waals surface area contributed by atoms with Crippen LogP contribution in [0.1, 0.15) is 27.3 Å². The number of benzene rings is 3. The third-order valence-corrected chi connectivity index (χ3v) is 5.62. The monoisotopic (exact) mass is 498 g/mol. The van der Waals surface area contributed by atoms with E-state index in [2.05, 4.69) is 10.2 Å². The molecule has 0 aliphatic heterocycles. The minimum absolute atomic E-state index is 0.0993. The molecule has 0 saturated heterocycles. The van der Waals surface area contributed by atoms with E-state index in [-0.39, 0.29) is 35.1 Å². The van der Waals surface area contributed by atoms with Crippen molar-refractivity contribution in [1.82, 2.24) is 14.8 Å². The predicted molar refractivity (Wildman–Crippen MR) is 124 cm³/mol. The lowest BCUT2D eigenvalue weighted by Gasteiger charge is -2.13. The van der Waals surface area contributed by atoms with Crippen LogP contribution >= 0.6 is 0 Å². The van der Waals surface area contributed by atoms with Crippen LogP contribution in [0.15, 0.2) is 60.7 Å². The highest BCUT2D eigenvalue weighted by Crippen LogP contribution is 2.36. The number of hydrogen-bond donors (Lipinski definition) is 3. The van der Waals surface area contributed by atoms with E-state index in [0.29, 0.717) is 29.0 Å². The third kappa shape index (κ3) is 4.95. The van der Waals surface area contributed by atoms with Crippen molar-refractivity contribution in [2.45, 2.75) is 19.0 Å². The first-order valence-electron chi connectivity index (χ1n) is 10.7. The molecule has 186 valence electrons. The average Bonchev–Trinajstić information content (AvgIpc) is 3.28. The molecule has 1 amide bonds. The Balaban J connectivity index is 1.69. The van der Waals surface area contributed by atoms with Crippen LogP contribution in [0.3, 0.4) is 0 Å². The number of alkyl halides is 3. The van der Waals surface area contributed by atoms with Crippen molar-refractivity contribution in [2.75, 3.05) is 7.11 Å². The topological polar surface area (TPSA) is 123 Å². The first-order valence-corrected chi connectivity index (χ1v) is 10.7. The standard InChI is InChI=1S/C25H21F3N4O4/c1-36-18-10-8-17(9-11-18)32-23(30-31-24(32)22(29)35)19-12-15(20(33)13-21(19)34)5-2-14-3-6-16(7-4-14)25(26,27)28/h3-4,6-13,33-34H,2,5H2,1H3,(H2,29,35). The highest BCUT2D eigenvalue weighted by atomic mass is 19.4. The van der Waals surface area contributed by atoms with E-state index >= 15 is 0 Å². The lowest BCUT2D eigenvalue weighted by molar-refractivity contribution is -0.137. The average molecular weight is 498 g/mol. The molecule has 8 nitrogen and oxygen atoms in total. The molecule has 1 heterocycles. The maximum Gasteiger partial charge on any atom is 0.416 e. The molecule has 0 atom stereocenters. The Morgan fingerprint density at radius 2 is 1.64 bits per heavy atom. The van der Waals surface area contributed by atoms with Gasteiger partial charge in [-0.1, -0.05) is 12.1 Å². The molecule has 36 heavy (non-hydrogen) atoms. The molecule has 0 saturated carbocycles. The fourth-order valence-electron chi connectivity index (χ4n) is 3.73. The Bertz CT molecular complexity index is 1400. The lowest BCUT2D eigenvalue weighted by Crippen LogP contribution is -2.17. The molecule has 0 aliphatic carbocycles. The van der Waals surface area contributed by atoms with Gasteiger partial charge in [-0.3, -0.25) is 9.36 Å². The van der Waals surface area contributed by atoms with E-state index in [4.69, 9.17) is 10.5 Å². The van der Waals surface area contributed by atoms with Crippen LogP contribution in [0.2, 0.25) is 0 Å². The number of rotatable bonds is 7. The summed E-state index contributed by atoms with van der Waals surface area (Å²) in [4.78, 5) is 12.0. The molecular weight excluding hydrogens is 477 g/mol. The van der Waals surface area contributed by atoms with Crippen LogP contribution < -0.4 is 10.5 Å². The summed E-state index contributed by atoms with van der Waals surface area (Å²) in [5.74, 6) is -0.855. The number of carbonyl (C=O) groups is 1. The zero-order valence-corrected chi connectivity index (χ0v) is 19.0.